The van der Waals surface area contributed by atoms with E-state index in [1.807, 2.05) is 20.8 Å². The molecule has 212 valence electrons. The van der Waals surface area contributed by atoms with Crippen LogP contribution in [0.1, 0.15) is 75.5 Å². The number of amides is 2. The molecule has 2 fully saturated rings. The summed E-state index contributed by atoms with van der Waals surface area (Å²) >= 11 is 0. The van der Waals surface area contributed by atoms with E-state index >= 15 is 0 Å². The molecule has 2 aromatic carbocycles. The number of alkyl halides is 3. The molecule has 0 saturated carbocycles. The molecular formula is C30H36F4N2O3. The van der Waals surface area contributed by atoms with Crippen molar-refractivity contribution in [2.75, 3.05) is 26.2 Å². The molecule has 5 nitrogen and oxygen atoms in total. The average Bonchev–Trinajstić information content (AvgIpc) is 2.87. The van der Waals surface area contributed by atoms with Gasteiger partial charge in [-0.05, 0) is 81.7 Å². The number of likely N-dealkylation sites (tertiary alicyclic amines) is 2. The minimum atomic E-state index is -4.54. The molecule has 4 rings (SSSR count). The van der Waals surface area contributed by atoms with Crippen LogP contribution in [0.3, 0.4) is 0 Å². The Bertz CT molecular complexity index is 1180. The molecule has 2 aliphatic heterocycles. The molecule has 2 unspecified atom stereocenters. The third kappa shape index (κ3) is 6.39. The molecule has 0 bridgehead atoms. The van der Waals surface area contributed by atoms with Crippen LogP contribution in [-0.2, 0) is 15.7 Å². The van der Waals surface area contributed by atoms with Crippen molar-refractivity contribution in [2.24, 2.45) is 5.41 Å². The van der Waals surface area contributed by atoms with Crippen molar-refractivity contribution >= 4 is 12.0 Å². The van der Waals surface area contributed by atoms with Crippen molar-refractivity contribution in [1.82, 2.24) is 9.80 Å². The summed E-state index contributed by atoms with van der Waals surface area (Å²) in [5.41, 5.74) is -0.766. The second kappa shape index (κ2) is 10.8. The van der Waals surface area contributed by atoms with Crippen LogP contribution in [-0.4, -0.2) is 53.6 Å². The lowest BCUT2D eigenvalue weighted by Crippen LogP contribution is -2.54. The highest BCUT2D eigenvalue weighted by atomic mass is 19.4. The van der Waals surface area contributed by atoms with E-state index in [4.69, 9.17) is 4.74 Å². The van der Waals surface area contributed by atoms with Crippen molar-refractivity contribution < 1.29 is 31.9 Å². The normalized spacial score (nSPS) is 20.6. The summed E-state index contributed by atoms with van der Waals surface area (Å²) in [6.07, 6.45) is -2.98. The summed E-state index contributed by atoms with van der Waals surface area (Å²) in [6.45, 7) is 8.68. The largest absolute Gasteiger partial charge is 0.444 e. The Morgan fingerprint density at radius 1 is 0.923 bits per heavy atom. The smallest absolute Gasteiger partial charge is 0.416 e. The molecule has 0 N–H and O–H groups in total. The van der Waals surface area contributed by atoms with Gasteiger partial charge in [0.25, 0.3) is 0 Å². The van der Waals surface area contributed by atoms with Crippen molar-refractivity contribution in [1.29, 1.82) is 0 Å². The first-order valence-electron chi connectivity index (χ1n) is 13.4. The maximum atomic E-state index is 13.7. The van der Waals surface area contributed by atoms with Crippen LogP contribution in [0.25, 0.3) is 0 Å². The maximum absolute atomic E-state index is 13.7. The Balaban J connectivity index is 1.52. The molecule has 2 atom stereocenters. The first-order chi connectivity index (χ1) is 18.2. The SMILES string of the molecule is CC(C(=O)N1CCC2(CCN(C(=O)OC(C)(C)C)CC2c2ccc(F)cc2)CC1)c1ccccc1C(F)(F)F. The van der Waals surface area contributed by atoms with Gasteiger partial charge in [-0.3, -0.25) is 4.79 Å². The number of piperidine rings is 2. The average molecular weight is 549 g/mol. The first-order valence-corrected chi connectivity index (χ1v) is 13.4. The number of carbonyl (C=O) groups is 2. The van der Waals surface area contributed by atoms with E-state index in [2.05, 4.69) is 0 Å². The van der Waals surface area contributed by atoms with E-state index in [9.17, 15) is 27.2 Å². The molecule has 0 aromatic heterocycles. The van der Waals surface area contributed by atoms with Gasteiger partial charge in [-0.15, -0.1) is 0 Å². The summed E-state index contributed by atoms with van der Waals surface area (Å²) < 4.78 is 60.1. The molecular weight excluding hydrogens is 512 g/mol. The van der Waals surface area contributed by atoms with Gasteiger partial charge in [-0.2, -0.15) is 13.2 Å². The van der Waals surface area contributed by atoms with Crippen molar-refractivity contribution in [3.63, 3.8) is 0 Å². The number of halogens is 4. The Morgan fingerprint density at radius 2 is 1.49 bits per heavy atom. The number of nitrogens with zero attached hydrogens (tertiary/aromatic N) is 2. The summed E-state index contributed by atoms with van der Waals surface area (Å²) in [5, 5.41) is 0. The van der Waals surface area contributed by atoms with E-state index < -0.39 is 29.4 Å². The van der Waals surface area contributed by atoms with Gasteiger partial charge >= 0.3 is 12.3 Å². The highest BCUT2D eigenvalue weighted by Crippen LogP contribution is 2.50. The molecule has 0 radical (unpaired) electrons. The number of hydrogen-bond donors (Lipinski definition) is 0. The quantitative estimate of drug-likeness (QED) is 0.389. The van der Waals surface area contributed by atoms with Crippen LogP contribution < -0.4 is 0 Å². The summed E-state index contributed by atoms with van der Waals surface area (Å²) in [4.78, 5) is 29.6. The Hall–Kier alpha value is -3.10. The number of ether oxygens (including phenoxy) is 1. The number of benzene rings is 2. The minimum absolute atomic E-state index is 0.0230. The van der Waals surface area contributed by atoms with Gasteiger partial charge in [-0.25, -0.2) is 9.18 Å². The predicted molar refractivity (Wildman–Crippen MR) is 140 cm³/mol. The number of rotatable bonds is 3. The van der Waals surface area contributed by atoms with E-state index in [-0.39, 0.29) is 28.6 Å². The van der Waals surface area contributed by atoms with Crippen molar-refractivity contribution in [3.05, 3.63) is 71.0 Å². The summed E-state index contributed by atoms with van der Waals surface area (Å²) in [7, 11) is 0. The highest BCUT2D eigenvalue weighted by molar-refractivity contribution is 5.84. The molecule has 1 spiro atoms. The van der Waals surface area contributed by atoms with Crippen molar-refractivity contribution in [3.8, 4) is 0 Å². The molecule has 39 heavy (non-hydrogen) atoms. The van der Waals surface area contributed by atoms with Gasteiger partial charge in [0.2, 0.25) is 5.91 Å². The second-order valence-electron chi connectivity index (χ2n) is 11.8. The zero-order chi connectivity index (χ0) is 28.6. The fourth-order valence-corrected chi connectivity index (χ4v) is 5.99. The molecule has 2 heterocycles. The van der Waals surface area contributed by atoms with Crippen LogP contribution in [0.5, 0.6) is 0 Å². The van der Waals surface area contributed by atoms with Crippen molar-refractivity contribution in [2.45, 2.75) is 70.6 Å². The monoisotopic (exact) mass is 548 g/mol. The van der Waals surface area contributed by atoms with Crippen LogP contribution in [0, 0.1) is 11.2 Å². The third-order valence-electron chi connectivity index (χ3n) is 8.12. The lowest BCUT2D eigenvalue weighted by Gasteiger charge is -2.52. The van der Waals surface area contributed by atoms with Gasteiger partial charge < -0.3 is 14.5 Å². The van der Waals surface area contributed by atoms with E-state index in [0.717, 1.165) is 11.6 Å². The Morgan fingerprint density at radius 3 is 2.05 bits per heavy atom. The number of hydrogen-bond acceptors (Lipinski definition) is 3. The second-order valence-corrected chi connectivity index (χ2v) is 11.8. The number of carbonyl (C=O) groups excluding carboxylic acids is 2. The maximum Gasteiger partial charge on any atom is 0.416 e. The van der Waals surface area contributed by atoms with Gasteiger partial charge in [-0.1, -0.05) is 30.3 Å². The molecule has 0 aliphatic carbocycles. The van der Waals surface area contributed by atoms with Crippen LogP contribution in [0.15, 0.2) is 48.5 Å². The minimum Gasteiger partial charge on any atom is -0.444 e. The summed E-state index contributed by atoms with van der Waals surface area (Å²) in [5.74, 6) is -1.70. The standard InChI is InChI=1S/C30H36F4N2O3/c1-20(23-7-5-6-8-24(23)30(32,33)34)26(37)35-16-13-29(14-17-35)15-18-36(27(38)39-28(2,3)4)19-25(29)21-9-11-22(31)12-10-21/h5-12,20,25H,13-19H2,1-4H3. The zero-order valence-corrected chi connectivity index (χ0v) is 22.9. The zero-order valence-electron chi connectivity index (χ0n) is 22.9. The lowest BCUT2D eigenvalue weighted by molar-refractivity contribution is -0.140. The van der Waals surface area contributed by atoms with Gasteiger partial charge in [0.1, 0.15) is 11.4 Å². The van der Waals surface area contributed by atoms with Gasteiger partial charge in [0, 0.05) is 32.1 Å². The van der Waals surface area contributed by atoms with E-state index in [0.29, 0.717) is 45.4 Å². The third-order valence-corrected chi connectivity index (χ3v) is 8.12. The fourth-order valence-electron chi connectivity index (χ4n) is 5.99. The van der Waals surface area contributed by atoms with E-state index in [1.54, 1.807) is 21.9 Å². The molecule has 2 aliphatic rings. The van der Waals surface area contributed by atoms with E-state index in [1.165, 1.54) is 37.3 Å². The topological polar surface area (TPSA) is 49.9 Å². The van der Waals surface area contributed by atoms with Crippen LogP contribution in [0.2, 0.25) is 0 Å². The Kier molecular flexibility index (Phi) is 8.01. The lowest BCUT2D eigenvalue weighted by atomic mass is 9.62. The molecule has 9 heteroatoms. The van der Waals surface area contributed by atoms with Gasteiger partial charge in [0.15, 0.2) is 0 Å². The first kappa shape index (κ1) is 28.9. The molecule has 2 aromatic rings. The summed E-state index contributed by atoms with van der Waals surface area (Å²) in [6, 6.07) is 11.5. The molecule has 2 amide bonds. The van der Waals surface area contributed by atoms with Gasteiger partial charge in [0.05, 0.1) is 11.5 Å². The Labute approximate surface area is 227 Å². The predicted octanol–water partition coefficient (Wildman–Crippen LogP) is 6.98. The molecule has 2 saturated heterocycles. The van der Waals surface area contributed by atoms with Crippen LogP contribution in [0.4, 0.5) is 22.4 Å². The highest BCUT2D eigenvalue weighted by Gasteiger charge is 2.48. The van der Waals surface area contributed by atoms with Crippen LogP contribution >= 0.6 is 0 Å². The fraction of sp³-hybridized carbons (Fsp3) is 0.533.